The van der Waals surface area contributed by atoms with Gasteiger partial charge < -0.3 is 18.9 Å². The summed E-state index contributed by atoms with van der Waals surface area (Å²) in [5, 5.41) is 16.0. The molecular weight excluding hydrogens is 356 g/mol. The molecule has 0 aliphatic heterocycles. The highest BCUT2D eigenvalue weighted by Crippen LogP contribution is 2.10. The van der Waals surface area contributed by atoms with Gasteiger partial charge in [0.05, 0.1) is 31.0 Å². The molecule has 0 bridgehead atoms. The number of methoxy groups -OCH3 is 1. The number of aromatic nitrogens is 2. The summed E-state index contributed by atoms with van der Waals surface area (Å²) in [6.07, 6.45) is 0.956. The number of rotatable bonds is 4. The number of aliphatic hydroxyl groups is 1. The second kappa shape index (κ2) is 12.1. The summed E-state index contributed by atoms with van der Waals surface area (Å²) in [7, 11) is 1.62. The van der Waals surface area contributed by atoms with Crippen LogP contribution in [0.25, 0.3) is 0 Å². The highest BCUT2D eigenvalue weighted by Gasteiger charge is 1.95. The molecule has 0 amide bonds. The zero-order valence-electron chi connectivity index (χ0n) is 15.5. The zero-order valence-corrected chi connectivity index (χ0v) is 16.3. The molecule has 0 fully saturated rings. The van der Waals surface area contributed by atoms with Crippen LogP contribution in [0.2, 0.25) is 0 Å². The van der Waals surface area contributed by atoms with Crippen LogP contribution in [-0.2, 0) is 18.9 Å². The van der Waals surface area contributed by atoms with E-state index in [0.29, 0.717) is 5.88 Å². The predicted molar refractivity (Wildman–Crippen MR) is 100 cm³/mol. The van der Waals surface area contributed by atoms with Crippen LogP contribution in [0.5, 0.6) is 5.75 Å². The Morgan fingerprint density at radius 1 is 1.00 bits per heavy atom. The molecular formula is C19H25ClN2O4. The molecule has 142 valence electrons. The topological polar surface area (TPSA) is 81.5 Å². The molecule has 6 nitrogen and oxygen atoms in total. The summed E-state index contributed by atoms with van der Waals surface area (Å²) < 4.78 is 14.5. The van der Waals surface area contributed by atoms with Crippen molar-refractivity contribution in [3.63, 3.8) is 0 Å². The van der Waals surface area contributed by atoms with Crippen molar-refractivity contribution in [1.82, 2.24) is 10.3 Å². The molecule has 2 aromatic heterocycles. The molecule has 0 saturated heterocycles. The largest absolute Gasteiger partial charge is 0.497 e. The third kappa shape index (κ3) is 8.18. The SMILES string of the molecule is CCc1cc(C)on1.COc1ccc(CO)cc1.Cc1cc(CCl)no1. The minimum absolute atomic E-state index is 0.0873. The van der Waals surface area contributed by atoms with Crippen molar-refractivity contribution in [2.45, 2.75) is 39.7 Å². The minimum atomic E-state index is 0.0873. The van der Waals surface area contributed by atoms with Gasteiger partial charge in [0.15, 0.2) is 0 Å². The summed E-state index contributed by atoms with van der Waals surface area (Å²) in [5.41, 5.74) is 2.73. The number of hydrogen-bond donors (Lipinski definition) is 1. The van der Waals surface area contributed by atoms with E-state index in [0.717, 1.165) is 40.6 Å². The molecule has 0 saturated carbocycles. The molecule has 0 unspecified atom stereocenters. The van der Waals surface area contributed by atoms with Crippen LogP contribution in [0.3, 0.4) is 0 Å². The molecule has 0 aliphatic rings. The highest BCUT2D eigenvalue weighted by atomic mass is 35.5. The lowest BCUT2D eigenvalue weighted by molar-refractivity contribution is 0.281. The van der Waals surface area contributed by atoms with Gasteiger partial charge in [0.1, 0.15) is 17.3 Å². The van der Waals surface area contributed by atoms with Crippen LogP contribution < -0.4 is 4.74 Å². The average molecular weight is 381 g/mol. The van der Waals surface area contributed by atoms with E-state index in [-0.39, 0.29) is 6.61 Å². The molecule has 0 spiro atoms. The van der Waals surface area contributed by atoms with Crippen molar-refractivity contribution in [2.75, 3.05) is 7.11 Å². The molecule has 3 aromatic rings. The first-order valence-corrected chi connectivity index (χ1v) is 8.69. The second-order valence-corrected chi connectivity index (χ2v) is 5.62. The zero-order chi connectivity index (χ0) is 19.4. The van der Waals surface area contributed by atoms with Crippen LogP contribution >= 0.6 is 11.6 Å². The number of hydrogen-bond acceptors (Lipinski definition) is 6. The van der Waals surface area contributed by atoms with Crippen LogP contribution in [-0.4, -0.2) is 22.5 Å². The average Bonchev–Trinajstić information content (AvgIpc) is 3.30. The van der Waals surface area contributed by atoms with Crippen LogP contribution in [0.1, 0.15) is 35.4 Å². The maximum absolute atomic E-state index is 8.66. The van der Waals surface area contributed by atoms with E-state index in [1.54, 1.807) is 7.11 Å². The third-order valence-corrected chi connectivity index (χ3v) is 3.47. The lowest BCUT2D eigenvalue weighted by atomic mass is 10.2. The third-order valence-electron chi connectivity index (χ3n) is 3.19. The number of benzene rings is 1. The first-order valence-electron chi connectivity index (χ1n) is 8.16. The van der Waals surface area contributed by atoms with E-state index < -0.39 is 0 Å². The smallest absolute Gasteiger partial charge is 0.133 e. The Bertz CT molecular complexity index is 675. The Balaban J connectivity index is 0.000000197. The lowest BCUT2D eigenvalue weighted by Crippen LogP contribution is -1.84. The fraction of sp³-hybridized carbons (Fsp3) is 0.368. The normalized spacial score (nSPS) is 9.62. The Kier molecular flexibility index (Phi) is 10.1. The van der Waals surface area contributed by atoms with Gasteiger partial charge in [-0.05, 0) is 38.0 Å². The van der Waals surface area contributed by atoms with Gasteiger partial charge in [-0.1, -0.05) is 29.4 Å². The maximum atomic E-state index is 8.66. The highest BCUT2D eigenvalue weighted by molar-refractivity contribution is 6.16. The Labute approximate surface area is 158 Å². The summed E-state index contributed by atoms with van der Waals surface area (Å²) in [6.45, 7) is 5.87. The van der Waals surface area contributed by atoms with E-state index in [9.17, 15) is 0 Å². The summed E-state index contributed by atoms with van der Waals surface area (Å²) in [5.74, 6) is 2.94. The minimum Gasteiger partial charge on any atom is -0.497 e. The Morgan fingerprint density at radius 2 is 1.54 bits per heavy atom. The summed E-state index contributed by atoms with van der Waals surface area (Å²) >= 11 is 5.42. The molecule has 1 N–H and O–H groups in total. The van der Waals surface area contributed by atoms with E-state index in [2.05, 4.69) is 17.2 Å². The second-order valence-electron chi connectivity index (χ2n) is 5.35. The van der Waals surface area contributed by atoms with Gasteiger partial charge in [-0.3, -0.25) is 0 Å². The van der Waals surface area contributed by atoms with Gasteiger partial charge in [-0.15, -0.1) is 11.6 Å². The maximum Gasteiger partial charge on any atom is 0.133 e. The molecule has 26 heavy (non-hydrogen) atoms. The first-order chi connectivity index (χ1) is 12.5. The Hall–Kier alpha value is -2.31. The van der Waals surface area contributed by atoms with Gasteiger partial charge in [0.2, 0.25) is 0 Å². The van der Waals surface area contributed by atoms with Crippen LogP contribution in [0.15, 0.2) is 45.4 Å². The monoisotopic (exact) mass is 380 g/mol. The van der Waals surface area contributed by atoms with E-state index in [4.69, 9.17) is 30.5 Å². The number of nitrogens with zero attached hydrogens (tertiary/aromatic N) is 2. The van der Waals surface area contributed by atoms with E-state index in [1.165, 1.54) is 0 Å². The van der Waals surface area contributed by atoms with Gasteiger partial charge in [0, 0.05) is 12.1 Å². The Morgan fingerprint density at radius 3 is 1.81 bits per heavy atom. The number of alkyl halides is 1. The number of ether oxygens (including phenoxy) is 1. The molecule has 2 heterocycles. The van der Waals surface area contributed by atoms with Gasteiger partial charge in [0.25, 0.3) is 0 Å². The summed E-state index contributed by atoms with van der Waals surface area (Å²) in [4.78, 5) is 0. The van der Waals surface area contributed by atoms with Crippen molar-refractivity contribution in [3.05, 3.63) is 64.9 Å². The van der Waals surface area contributed by atoms with Crippen molar-refractivity contribution in [3.8, 4) is 5.75 Å². The molecule has 0 aliphatic carbocycles. The van der Waals surface area contributed by atoms with Gasteiger partial charge >= 0.3 is 0 Å². The molecule has 0 atom stereocenters. The molecule has 0 radical (unpaired) electrons. The van der Waals surface area contributed by atoms with Gasteiger partial charge in [-0.25, -0.2) is 0 Å². The van der Waals surface area contributed by atoms with Crippen LogP contribution in [0, 0.1) is 13.8 Å². The van der Waals surface area contributed by atoms with E-state index >= 15 is 0 Å². The fourth-order valence-electron chi connectivity index (χ4n) is 1.80. The number of halogens is 1. The van der Waals surface area contributed by atoms with Crippen molar-refractivity contribution in [1.29, 1.82) is 0 Å². The standard InChI is InChI=1S/C8H10O2.C6H9NO.C5H6ClNO/c1-10-8-4-2-7(6-9)3-5-8;1-3-6-4-5(2)8-7-6;1-4-2-5(3-6)7-8-4/h2-5,9H,6H2,1H3;4H,3H2,1-2H3;2H,3H2,1H3. The fourth-order valence-corrected chi connectivity index (χ4v) is 1.92. The van der Waals surface area contributed by atoms with Crippen molar-refractivity contribution >= 4 is 11.6 Å². The molecule has 1 aromatic carbocycles. The number of aryl methyl sites for hydroxylation is 3. The molecule has 3 rings (SSSR count). The lowest BCUT2D eigenvalue weighted by Gasteiger charge is -1.98. The number of aliphatic hydroxyl groups excluding tert-OH is 1. The predicted octanol–water partition coefficient (Wildman–Crippen LogP) is 4.45. The van der Waals surface area contributed by atoms with E-state index in [1.807, 2.05) is 50.2 Å². The van der Waals surface area contributed by atoms with Gasteiger partial charge in [-0.2, -0.15) is 0 Å². The van der Waals surface area contributed by atoms with Crippen LogP contribution in [0.4, 0.5) is 0 Å². The molecule has 7 heteroatoms. The van der Waals surface area contributed by atoms with Crippen molar-refractivity contribution < 1.29 is 18.9 Å². The first kappa shape index (κ1) is 21.7. The van der Waals surface area contributed by atoms with Crippen molar-refractivity contribution in [2.24, 2.45) is 0 Å². The summed E-state index contributed by atoms with van der Waals surface area (Å²) in [6, 6.07) is 11.1. The quantitative estimate of drug-likeness (QED) is 0.673.